The first-order valence-electron chi connectivity index (χ1n) is 6.60. The van der Waals surface area contributed by atoms with E-state index in [4.69, 9.17) is 4.74 Å². The van der Waals surface area contributed by atoms with Crippen LogP contribution in [0.4, 0.5) is 0 Å². The third-order valence-corrected chi connectivity index (χ3v) is 3.81. The Morgan fingerprint density at radius 1 is 1.35 bits per heavy atom. The van der Waals surface area contributed by atoms with E-state index >= 15 is 0 Å². The van der Waals surface area contributed by atoms with Crippen LogP contribution in [0.2, 0.25) is 0 Å². The minimum absolute atomic E-state index is 0.335. The molecular formula is C15H23NO. The molecule has 0 amide bonds. The average Bonchev–Trinajstić information content (AvgIpc) is 2.38. The Morgan fingerprint density at radius 3 is 2.94 bits per heavy atom. The maximum atomic E-state index is 5.26. The molecule has 1 N–H and O–H groups in total. The molecule has 1 unspecified atom stereocenters. The fraction of sp³-hybridized carbons (Fsp3) is 0.600. The molecule has 0 saturated carbocycles. The molecule has 1 heterocycles. The van der Waals surface area contributed by atoms with Crippen molar-refractivity contribution in [3.8, 4) is 5.75 Å². The molecule has 1 aliphatic rings. The van der Waals surface area contributed by atoms with Gasteiger partial charge in [0.05, 0.1) is 7.11 Å². The quantitative estimate of drug-likeness (QED) is 0.862. The van der Waals surface area contributed by atoms with Gasteiger partial charge in [0.2, 0.25) is 0 Å². The van der Waals surface area contributed by atoms with Gasteiger partial charge in [0.1, 0.15) is 5.75 Å². The van der Waals surface area contributed by atoms with E-state index < -0.39 is 0 Å². The SMILES string of the molecule is COc1cccc(CCC2(C)CCCCN2)c1. The van der Waals surface area contributed by atoms with Crippen molar-refractivity contribution in [2.24, 2.45) is 0 Å². The highest BCUT2D eigenvalue weighted by Gasteiger charge is 2.25. The number of rotatable bonds is 4. The Labute approximate surface area is 104 Å². The Bertz CT molecular complexity index is 356. The summed E-state index contributed by atoms with van der Waals surface area (Å²) in [7, 11) is 1.73. The molecule has 2 nitrogen and oxygen atoms in total. The van der Waals surface area contributed by atoms with Crippen LogP contribution in [0.1, 0.15) is 38.2 Å². The molecule has 1 atom stereocenters. The van der Waals surface area contributed by atoms with Crippen molar-refractivity contribution < 1.29 is 4.74 Å². The van der Waals surface area contributed by atoms with Crippen molar-refractivity contribution in [1.82, 2.24) is 5.32 Å². The first-order chi connectivity index (χ1) is 8.22. The van der Waals surface area contributed by atoms with Crippen molar-refractivity contribution in [2.45, 2.75) is 44.6 Å². The van der Waals surface area contributed by atoms with Gasteiger partial charge >= 0.3 is 0 Å². The number of ether oxygens (including phenoxy) is 1. The maximum Gasteiger partial charge on any atom is 0.119 e. The summed E-state index contributed by atoms with van der Waals surface area (Å²) >= 11 is 0. The molecule has 1 aliphatic heterocycles. The highest BCUT2D eigenvalue weighted by Crippen LogP contribution is 2.24. The van der Waals surface area contributed by atoms with Gasteiger partial charge in [0, 0.05) is 5.54 Å². The number of aryl methyl sites for hydroxylation is 1. The summed E-state index contributed by atoms with van der Waals surface area (Å²) in [6.45, 7) is 3.53. The largest absolute Gasteiger partial charge is 0.497 e. The van der Waals surface area contributed by atoms with Crippen LogP contribution in [0, 0.1) is 0 Å². The van der Waals surface area contributed by atoms with Crippen LogP contribution >= 0.6 is 0 Å². The zero-order valence-electron chi connectivity index (χ0n) is 11.0. The maximum absolute atomic E-state index is 5.26. The molecule has 1 aromatic carbocycles. The van der Waals surface area contributed by atoms with E-state index in [0.717, 1.165) is 12.2 Å². The Balaban J connectivity index is 1.92. The number of hydrogen-bond acceptors (Lipinski definition) is 2. The molecular weight excluding hydrogens is 210 g/mol. The third-order valence-electron chi connectivity index (χ3n) is 3.81. The van der Waals surface area contributed by atoms with Crippen LogP contribution in [0.3, 0.4) is 0 Å². The molecule has 1 fully saturated rings. The third kappa shape index (κ3) is 3.47. The molecule has 94 valence electrons. The number of hydrogen-bond donors (Lipinski definition) is 1. The van der Waals surface area contributed by atoms with Gasteiger partial charge in [-0.2, -0.15) is 0 Å². The summed E-state index contributed by atoms with van der Waals surface area (Å²) in [6.07, 6.45) is 6.33. The van der Waals surface area contributed by atoms with E-state index in [2.05, 4.69) is 30.4 Å². The van der Waals surface area contributed by atoms with E-state index in [1.165, 1.54) is 37.8 Å². The van der Waals surface area contributed by atoms with Gasteiger partial charge in [-0.05, 0) is 56.8 Å². The lowest BCUT2D eigenvalue weighted by Crippen LogP contribution is -2.46. The minimum atomic E-state index is 0.335. The molecule has 0 bridgehead atoms. The second kappa shape index (κ2) is 5.54. The smallest absolute Gasteiger partial charge is 0.119 e. The number of nitrogens with one attached hydrogen (secondary N) is 1. The van der Waals surface area contributed by atoms with Crippen molar-refractivity contribution in [3.63, 3.8) is 0 Å². The predicted molar refractivity (Wildman–Crippen MR) is 71.6 cm³/mol. The van der Waals surface area contributed by atoms with Crippen LogP contribution in [-0.2, 0) is 6.42 Å². The number of benzene rings is 1. The normalized spacial score (nSPS) is 24.6. The van der Waals surface area contributed by atoms with Gasteiger partial charge in [-0.3, -0.25) is 0 Å². The van der Waals surface area contributed by atoms with Crippen molar-refractivity contribution in [3.05, 3.63) is 29.8 Å². The molecule has 2 heteroatoms. The van der Waals surface area contributed by atoms with Crippen LogP contribution in [0.5, 0.6) is 5.75 Å². The fourth-order valence-electron chi connectivity index (χ4n) is 2.58. The summed E-state index contributed by atoms with van der Waals surface area (Å²) < 4.78 is 5.26. The summed E-state index contributed by atoms with van der Waals surface area (Å²) in [5, 5.41) is 3.66. The monoisotopic (exact) mass is 233 g/mol. The second-order valence-electron chi connectivity index (χ2n) is 5.30. The van der Waals surface area contributed by atoms with Gasteiger partial charge in [0.25, 0.3) is 0 Å². The predicted octanol–water partition coefficient (Wildman–Crippen LogP) is 3.16. The number of piperidine rings is 1. The Hall–Kier alpha value is -1.02. The Kier molecular flexibility index (Phi) is 4.06. The zero-order chi connectivity index (χ0) is 12.1. The standard InChI is InChI=1S/C15H23NO/c1-15(9-3-4-11-16-15)10-8-13-6-5-7-14(12-13)17-2/h5-7,12,16H,3-4,8-11H2,1-2H3. The van der Waals surface area contributed by atoms with Gasteiger partial charge in [-0.1, -0.05) is 18.6 Å². The van der Waals surface area contributed by atoms with Crippen LogP contribution in [0.15, 0.2) is 24.3 Å². The lowest BCUT2D eigenvalue weighted by molar-refractivity contribution is 0.261. The minimum Gasteiger partial charge on any atom is -0.497 e. The van der Waals surface area contributed by atoms with Gasteiger partial charge in [-0.25, -0.2) is 0 Å². The van der Waals surface area contributed by atoms with E-state index in [0.29, 0.717) is 5.54 Å². The summed E-state index contributed by atoms with van der Waals surface area (Å²) in [4.78, 5) is 0. The average molecular weight is 233 g/mol. The summed E-state index contributed by atoms with van der Waals surface area (Å²) in [5.41, 5.74) is 1.71. The van der Waals surface area contributed by atoms with Crippen molar-refractivity contribution in [2.75, 3.05) is 13.7 Å². The van der Waals surface area contributed by atoms with Gasteiger partial charge in [-0.15, -0.1) is 0 Å². The molecule has 1 aromatic rings. The number of methoxy groups -OCH3 is 1. The first-order valence-corrected chi connectivity index (χ1v) is 6.60. The molecule has 0 spiro atoms. The highest BCUT2D eigenvalue weighted by molar-refractivity contribution is 5.28. The zero-order valence-corrected chi connectivity index (χ0v) is 11.0. The molecule has 1 saturated heterocycles. The second-order valence-corrected chi connectivity index (χ2v) is 5.30. The molecule has 0 radical (unpaired) electrons. The fourth-order valence-corrected chi connectivity index (χ4v) is 2.58. The summed E-state index contributed by atoms with van der Waals surface area (Å²) in [6, 6.07) is 8.41. The van der Waals surface area contributed by atoms with Crippen LogP contribution in [-0.4, -0.2) is 19.2 Å². The molecule has 2 rings (SSSR count). The van der Waals surface area contributed by atoms with Gasteiger partial charge in [0.15, 0.2) is 0 Å². The highest BCUT2D eigenvalue weighted by atomic mass is 16.5. The lowest BCUT2D eigenvalue weighted by atomic mass is 9.85. The van der Waals surface area contributed by atoms with E-state index in [-0.39, 0.29) is 0 Å². The van der Waals surface area contributed by atoms with E-state index in [9.17, 15) is 0 Å². The van der Waals surface area contributed by atoms with Crippen LogP contribution < -0.4 is 10.1 Å². The van der Waals surface area contributed by atoms with Crippen molar-refractivity contribution >= 4 is 0 Å². The van der Waals surface area contributed by atoms with Crippen molar-refractivity contribution in [1.29, 1.82) is 0 Å². The summed E-state index contributed by atoms with van der Waals surface area (Å²) in [5.74, 6) is 0.962. The molecule has 0 aliphatic carbocycles. The van der Waals surface area contributed by atoms with E-state index in [1.54, 1.807) is 7.11 Å². The van der Waals surface area contributed by atoms with Gasteiger partial charge < -0.3 is 10.1 Å². The van der Waals surface area contributed by atoms with Crippen LogP contribution in [0.25, 0.3) is 0 Å². The molecule has 17 heavy (non-hydrogen) atoms. The lowest BCUT2D eigenvalue weighted by Gasteiger charge is -2.35. The Morgan fingerprint density at radius 2 is 2.24 bits per heavy atom. The molecule has 0 aromatic heterocycles. The topological polar surface area (TPSA) is 21.3 Å². The first kappa shape index (κ1) is 12.4. The van der Waals surface area contributed by atoms with E-state index in [1.807, 2.05) is 6.07 Å².